The lowest BCUT2D eigenvalue weighted by atomic mass is 9.86. The van der Waals surface area contributed by atoms with Crippen molar-refractivity contribution in [3.63, 3.8) is 0 Å². The number of aromatic amines is 1. The van der Waals surface area contributed by atoms with Gasteiger partial charge in [-0.3, -0.25) is 9.78 Å². The highest BCUT2D eigenvalue weighted by Gasteiger charge is 2.41. The van der Waals surface area contributed by atoms with Gasteiger partial charge in [-0.2, -0.15) is 0 Å². The minimum atomic E-state index is -0.982. The van der Waals surface area contributed by atoms with Crippen molar-refractivity contribution in [3.8, 4) is 17.1 Å². The molecule has 15 heteroatoms. The van der Waals surface area contributed by atoms with Crippen molar-refractivity contribution in [1.29, 1.82) is 0 Å². The van der Waals surface area contributed by atoms with Crippen LogP contribution in [0.4, 0.5) is 10.5 Å². The predicted molar refractivity (Wildman–Crippen MR) is 214 cm³/mol. The van der Waals surface area contributed by atoms with Gasteiger partial charge in [0.1, 0.15) is 23.5 Å². The molecule has 15 nitrogen and oxygen atoms in total. The van der Waals surface area contributed by atoms with Crippen LogP contribution in [0.1, 0.15) is 81.0 Å². The summed E-state index contributed by atoms with van der Waals surface area (Å²) in [5, 5.41) is 24.3. The van der Waals surface area contributed by atoms with E-state index >= 15 is 0 Å². The van der Waals surface area contributed by atoms with Crippen LogP contribution >= 0.6 is 0 Å². The van der Waals surface area contributed by atoms with Crippen LogP contribution in [0.25, 0.3) is 11.4 Å². The molecule has 1 saturated heterocycles. The standard InChI is InChI=1S/C42H55N7O8/c1-41(2,3)57-40(53)49-22-17-42(18-23-49,39-45-37(47-48-39)32-15-19-43-20-16-32)46-34-12-9-11-33(29-34)38(52)44-21-14-31-10-8-13-35(28-31)56-25-7-5-4-6-24-54-26-27-55-30-36(50)51/h8-13,15-16,19-20,28-29,46H,4-7,14,17-18,21-27,30H2,1-3H3,(H,44,52)(H,50,51)(H,45,47,48). The molecule has 306 valence electrons. The number of carboxylic acid groups (broad SMARTS) is 1. The number of benzene rings is 2. The van der Waals surface area contributed by atoms with Crippen molar-refractivity contribution in [2.45, 2.75) is 76.9 Å². The SMILES string of the molecule is CC(C)(C)OC(=O)N1CCC(Nc2cccc(C(=O)NCCc3cccc(OCCCCCCOCCOCC(=O)O)c3)c2)(c2nnc(-c3ccncc3)[nH]2)CC1. The monoisotopic (exact) mass is 785 g/mol. The van der Waals surface area contributed by atoms with Crippen LogP contribution in [0.5, 0.6) is 5.75 Å². The number of nitrogens with zero attached hydrogens (tertiary/aromatic N) is 4. The zero-order chi connectivity index (χ0) is 40.5. The van der Waals surface area contributed by atoms with Crippen molar-refractivity contribution in [3.05, 3.63) is 90.0 Å². The first-order valence-corrected chi connectivity index (χ1v) is 19.6. The topological polar surface area (TPSA) is 190 Å². The number of hydrogen-bond acceptors (Lipinski definition) is 11. The summed E-state index contributed by atoms with van der Waals surface area (Å²) in [6, 6.07) is 19.0. The molecule has 0 saturated carbocycles. The highest BCUT2D eigenvalue weighted by Crippen LogP contribution is 2.36. The fourth-order valence-corrected chi connectivity index (χ4v) is 6.39. The van der Waals surface area contributed by atoms with Crippen LogP contribution in [0, 0.1) is 0 Å². The fourth-order valence-electron chi connectivity index (χ4n) is 6.39. The van der Waals surface area contributed by atoms with Crippen molar-refractivity contribution < 1.29 is 38.4 Å². The number of hydrogen-bond donors (Lipinski definition) is 4. The van der Waals surface area contributed by atoms with Crippen LogP contribution in [-0.2, 0) is 31.0 Å². The molecular formula is C42H55N7O8. The molecule has 0 radical (unpaired) electrons. The zero-order valence-corrected chi connectivity index (χ0v) is 33.1. The number of H-pyrrole nitrogens is 1. The van der Waals surface area contributed by atoms with Gasteiger partial charge in [-0.1, -0.05) is 24.6 Å². The second-order valence-electron chi connectivity index (χ2n) is 15.0. The van der Waals surface area contributed by atoms with E-state index in [1.165, 1.54) is 0 Å². The number of rotatable bonds is 21. The number of carboxylic acids is 1. The number of aliphatic carboxylic acids is 1. The fraction of sp³-hybridized carbons (Fsp3) is 0.476. The van der Waals surface area contributed by atoms with Crippen LogP contribution in [0.3, 0.4) is 0 Å². The molecule has 5 rings (SSSR count). The summed E-state index contributed by atoms with van der Waals surface area (Å²) in [7, 11) is 0. The summed E-state index contributed by atoms with van der Waals surface area (Å²) < 4.78 is 22.0. The third-order valence-corrected chi connectivity index (χ3v) is 9.32. The number of ether oxygens (including phenoxy) is 4. The maximum absolute atomic E-state index is 13.4. The Bertz CT molecular complexity index is 1870. The third-order valence-electron chi connectivity index (χ3n) is 9.32. The van der Waals surface area contributed by atoms with E-state index in [9.17, 15) is 14.4 Å². The van der Waals surface area contributed by atoms with Gasteiger partial charge in [-0.05, 0) is 107 Å². The number of pyridine rings is 1. The van der Waals surface area contributed by atoms with Gasteiger partial charge in [0.2, 0.25) is 0 Å². The molecule has 0 spiro atoms. The van der Waals surface area contributed by atoms with E-state index in [4.69, 9.17) is 24.1 Å². The van der Waals surface area contributed by atoms with Crippen molar-refractivity contribution >= 4 is 23.7 Å². The van der Waals surface area contributed by atoms with E-state index in [-0.39, 0.29) is 25.2 Å². The van der Waals surface area contributed by atoms with E-state index in [2.05, 4.69) is 30.8 Å². The Balaban J connectivity index is 1.10. The highest BCUT2D eigenvalue weighted by atomic mass is 16.6. The number of carbonyl (C=O) groups excluding carboxylic acids is 2. The molecule has 4 N–H and O–H groups in total. The number of unbranched alkanes of at least 4 members (excludes halogenated alkanes) is 3. The number of anilines is 1. The molecule has 0 unspecified atom stereocenters. The van der Waals surface area contributed by atoms with Gasteiger partial charge in [-0.15, -0.1) is 10.2 Å². The maximum atomic E-state index is 13.4. The Morgan fingerprint density at radius 2 is 1.61 bits per heavy atom. The lowest BCUT2D eigenvalue weighted by molar-refractivity contribution is -0.142. The Kier molecular flexibility index (Phi) is 15.8. The molecule has 1 aliphatic heterocycles. The lowest BCUT2D eigenvalue weighted by Gasteiger charge is -2.41. The van der Waals surface area contributed by atoms with Crippen molar-refractivity contribution in [1.82, 2.24) is 30.4 Å². The normalized spacial score (nSPS) is 13.8. The largest absolute Gasteiger partial charge is 0.494 e. The molecule has 2 aromatic heterocycles. The third kappa shape index (κ3) is 13.9. The van der Waals surface area contributed by atoms with Crippen LogP contribution in [0.2, 0.25) is 0 Å². The Morgan fingerprint density at radius 1 is 0.877 bits per heavy atom. The molecular weight excluding hydrogens is 731 g/mol. The van der Waals surface area contributed by atoms with Crippen molar-refractivity contribution in [2.24, 2.45) is 0 Å². The summed E-state index contributed by atoms with van der Waals surface area (Å²) >= 11 is 0. The number of amides is 2. The number of nitrogens with one attached hydrogen (secondary N) is 3. The number of aromatic nitrogens is 4. The molecule has 0 aliphatic carbocycles. The molecule has 57 heavy (non-hydrogen) atoms. The molecule has 1 aliphatic rings. The second kappa shape index (κ2) is 21.1. The van der Waals surface area contributed by atoms with Gasteiger partial charge < -0.3 is 44.6 Å². The Morgan fingerprint density at radius 3 is 2.37 bits per heavy atom. The van der Waals surface area contributed by atoms with Crippen molar-refractivity contribution in [2.75, 3.05) is 58.0 Å². The van der Waals surface area contributed by atoms with E-state index in [1.54, 1.807) is 23.4 Å². The van der Waals surface area contributed by atoms with Crippen LogP contribution in [-0.4, -0.2) is 106 Å². The number of piperidine rings is 1. The number of likely N-dealkylation sites (tertiary alicyclic amines) is 1. The van der Waals surface area contributed by atoms with Gasteiger partial charge in [-0.25, -0.2) is 9.59 Å². The van der Waals surface area contributed by atoms with Gasteiger partial charge in [0.05, 0.1) is 19.8 Å². The molecule has 3 heterocycles. The smallest absolute Gasteiger partial charge is 0.410 e. The highest BCUT2D eigenvalue weighted by molar-refractivity contribution is 5.95. The van der Waals surface area contributed by atoms with Gasteiger partial charge >= 0.3 is 12.1 Å². The Labute approximate surface area is 333 Å². The average Bonchev–Trinajstić information content (AvgIpc) is 3.70. The lowest BCUT2D eigenvalue weighted by Crippen LogP contribution is -2.50. The predicted octanol–water partition coefficient (Wildman–Crippen LogP) is 6.23. The van der Waals surface area contributed by atoms with Crippen LogP contribution in [0.15, 0.2) is 73.1 Å². The van der Waals surface area contributed by atoms with E-state index in [0.717, 1.165) is 48.2 Å². The van der Waals surface area contributed by atoms with E-state index < -0.39 is 17.1 Å². The maximum Gasteiger partial charge on any atom is 0.410 e. The Hall–Kier alpha value is -5.54. The molecule has 2 aromatic carbocycles. The van der Waals surface area contributed by atoms with E-state index in [1.807, 2.05) is 75.4 Å². The summed E-state index contributed by atoms with van der Waals surface area (Å²) in [6.45, 7) is 8.49. The summed E-state index contributed by atoms with van der Waals surface area (Å²) in [6.07, 6.45) is 8.64. The first-order chi connectivity index (χ1) is 27.5. The van der Waals surface area contributed by atoms with Gasteiger partial charge in [0.25, 0.3) is 5.91 Å². The first-order valence-electron chi connectivity index (χ1n) is 19.6. The first kappa shape index (κ1) is 42.6. The van der Waals surface area contributed by atoms with Gasteiger partial charge in [0, 0.05) is 55.4 Å². The summed E-state index contributed by atoms with van der Waals surface area (Å²) in [4.78, 5) is 45.9. The molecule has 0 atom stereocenters. The molecule has 0 bridgehead atoms. The molecule has 1 fully saturated rings. The summed E-state index contributed by atoms with van der Waals surface area (Å²) in [5.74, 6) is 0.886. The molecule has 2 amide bonds. The van der Waals surface area contributed by atoms with Gasteiger partial charge in [0.15, 0.2) is 11.6 Å². The minimum absolute atomic E-state index is 0.184. The zero-order valence-electron chi connectivity index (χ0n) is 33.1. The minimum Gasteiger partial charge on any atom is -0.494 e. The van der Waals surface area contributed by atoms with E-state index in [0.29, 0.717) is 75.9 Å². The molecule has 4 aromatic rings. The number of carbonyl (C=O) groups is 3. The van der Waals surface area contributed by atoms with Crippen LogP contribution < -0.4 is 15.4 Å². The second-order valence-corrected chi connectivity index (χ2v) is 15.0. The average molecular weight is 786 g/mol. The quantitative estimate of drug-likeness (QED) is 0.0698. The summed E-state index contributed by atoms with van der Waals surface area (Å²) in [5.41, 5.74) is 1.88.